The van der Waals surface area contributed by atoms with E-state index in [-0.39, 0.29) is 22.8 Å². The largest absolute Gasteiger partial charge is 0.493 e. The number of alkyl halides is 3. The van der Waals surface area contributed by atoms with Crippen LogP contribution in [0.4, 0.5) is 13.2 Å². The molecule has 1 aromatic heterocycles. The summed E-state index contributed by atoms with van der Waals surface area (Å²) in [5.41, 5.74) is -1.69. The van der Waals surface area contributed by atoms with Crippen molar-refractivity contribution >= 4 is 5.97 Å². The molecule has 0 spiro atoms. The van der Waals surface area contributed by atoms with E-state index >= 15 is 0 Å². The summed E-state index contributed by atoms with van der Waals surface area (Å²) < 4.78 is 53.8. The minimum absolute atomic E-state index is 0.0466. The number of hydrogen-bond donors (Lipinski definition) is 1. The van der Waals surface area contributed by atoms with Crippen molar-refractivity contribution in [2.75, 3.05) is 14.2 Å². The molecule has 22 heavy (non-hydrogen) atoms. The Morgan fingerprint density at radius 2 is 1.77 bits per heavy atom. The van der Waals surface area contributed by atoms with Crippen LogP contribution >= 0.6 is 0 Å². The molecule has 2 rings (SSSR count). The fourth-order valence-electron chi connectivity index (χ4n) is 1.83. The Kier molecular flexibility index (Phi) is 3.98. The first-order chi connectivity index (χ1) is 10.3. The van der Waals surface area contributed by atoms with Gasteiger partial charge in [0.2, 0.25) is 5.76 Å². The van der Waals surface area contributed by atoms with E-state index in [0.29, 0.717) is 0 Å². The van der Waals surface area contributed by atoms with Crippen molar-refractivity contribution in [2.45, 2.75) is 6.18 Å². The second-order valence-corrected chi connectivity index (χ2v) is 4.13. The summed E-state index contributed by atoms with van der Waals surface area (Å²) in [6.45, 7) is 0. The number of carbonyl (C=O) groups is 1. The molecule has 0 bridgehead atoms. The highest BCUT2D eigenvalue weighted by Crippen LogP contribution is 2.43. The van der Waals surface area contributed by atoms with Crippen LogP contribution in [-0.2, 0) is 6.18 Å². The molecule has 0 unspecified atom stereocenters. The Morgan fingerprint density at radius 1 is 1.18 bits per heavy atom. The van der Waals surface area contributed by atoms with Crippen molar-refractivity contribution in [2.24, 2.45) is 0 Å². The molecule has 0 aliphatic carbocycles. The SMILES string of the molecule is COc1cc(-c2cc(C(=O)O)on2)c(C(F)(F)F)cc1OC. The molecule has 9 heteroatoms. The maximum absolute atomic E-state index is 13.2. The van der Waals surface area contributed by atoms with Crippen molar-refractivity contribution in [1.82, 2.24) is 5.16 Å². The van der Waals surface area contributed by atoms with Gasteiger partial charge in [0.15, 0.2) is 11.5 Å². The number of benzene rings is 1. The lowest BCUT2D eigenvalue weighted by atomic mass is 10.0. The third kappa shape index (κ3) is 2.83. The van der Waals surface area contributed by atoms with Gasteiger partial charge in [0.25, 0.3) is 0 Å². The van der Waals surface area contributed by atoms with Crippen LogP contribution in [0.2, 0.25) is 0 Å². The fraction of sp³-hybridized carbons (Fsp3) is 0.231. The molecule has 0 aliphatic heterocycles. The van der Waals surface area contributed by atoms with Crippen LogP contribution in [-0.4, -0.2) is 30.5 Å². The lowest BCUT2D eigenvalue weighted by Gasteiger charge is -2.15. The normalized spacial score (nSPS) is 11.3. The standard InChI is InChI=1S/C13H10F3NO5/c1-20-9-3-6(8-5-11(12(18)19)22-17-8)7(13(14,15)16)4-10(9)21-2/h3-5H,1-2H3,(H,18,19). The maximum atomic E-state index is 13.2. The summed E-state index contributed by atoms with van der Waals surface area (Å²) in [6.07, 6.45) is -4.70. The number of methoxy groups -OCH3 is 2. The van der Waals surface area contributed by atoms with Crippen LogP contribution in [0.5, 0.6) is 11.5 Å². The van der Waals surface area contributed by atoms with Crippen molar-refractivity contribution in [1.29, 1.82) is 0 Å². The molecule has 0 aliphatic rings. The second kappa shape index (κ2) is 5.58. The lowest BCUT2D eigenvalue weighted by molar-refractivity contribution is -0.137. The quantitative estimate of drug-likeness (QED) is 0.933. The van der Waals surface area contributed by atoms with Crippen molar-refractivity contribution < 1.29 is 37.1 Å². The van der Waals surface area contributed by atoms with E-state index in [1.165, 1.54) is 14.2 Å². The molecular weight excluding hydrogens is 307 g/mol. The van der Waals surface area contributed by atoms with Gasteiger partial charge < -0.3 is 19.1 Å². The number of nitrogens with zero attached hydrogens (tertiary/aromatic N) is 1. The lowest BCUT2D eigenvalue weighted by Crippen LogP contribution is -2.08. The van der Waals surface area contributed by atoms with E-state index in [4.69, 9.17) is 14.6 Å². The Labute approximate surface area is 122 Å². The zero-order valence-electron chi connectivity index (χ0n) is 11.4. The van der Waals surface area contributed by atoms with Crippen molar-refractivity contribution in [3.05, 3.63) is 29.5 Å². The number of hydrogen-bond acceptors (Lipinski definition) is 5. The molecule has 2 aromatic rings. The molecule has 118 valence electrons. The van der Waals surface area contributed by atoms with E-state index in [1.807, 2.05) is 0 Å². The van der Waals surface area contributed by atoms with Gasteiger partial charge in [-0.1, -0.05) is 5.16 Å². The van der Waals surface area contributed by atoms with E-state index < -0.39 is 23.5 Å². The predicted octanol–water partition coefficient (Wildman–Crippen LogP) is 3.08. The monoisotopic (exact) mass is 317 g/mol. The Bertz CT molecular complexity index is 708. The number of halogens is 3. The first-order valence-electron chi connectivity index (χ1n) is 5.81. The van der Waals surface area contributed by atoms with Crippen LogP contribution in [0.1, 0.15) is 16.1 Å². The highest BCUT2D eigenvalue weighted by molar-refractivity contribution is 5.86. The molecule has 0 fully saturated rings. The van der Waals surface area contributed by atoms with Gasteiger partial charge in [0.1, 0.15) is 5.69 Å². The van der Waals surface area contributed by atoms with E-state index in [1.54, 1.807) is 0 Å². The third-order valence-electron chi connectivity index (χ3n) is 2.83. The molecule has 1 heterocycles. The fourth-order valence-corrected chi connectivity index (χ4v) is 1.83. The molecule has 0 radical (unpaired) electrons. The van der Waals surface area contributed by atoms with Gasteiger partial charge in [-0.2, -0.15) is 13.2 Å². The average molecular weight is 317 g/mol. The number of ether oxygens (including phenoxy) is 2. The number of carboxylic acid groups (broad SMARTS) is 1. The summed E-state index contributed by atoms with van der Waals surface area (Å²) in [7, 11) is 2.47. The average Bonchev–Trinajstić information content (AvgIpc) is 2.94. The number of aromatic carboxylic acids is 1. The number of rotatable bonds is 4. The summed E-state index contributed by atoms with van der Waals surface area (Å²) in [4.78, 5) is 10.8. The Morgan fingerprint density at radius 3 is 2.23 bits per heavy atom. The van der Waals surface area contributed by atoms with Gasteiger partial charge in [0.05, 0.1) is 19.8 Å². The zero-order valence-corrected chi connectivity index (χ0v) is 11.4. The molecular formula is C13H10F3NO5. The first-order valence-corrected chi connectivity index (χ1v) is 5.81. The van der Waals surface area contributed by atoms with Gasteiger partial charge in [-0.3, -0.25) is 0 Å². The molecule has 0 atom stereocenters. The van der Waals surface area contributed by atoms with Crippen molar-refractivity contribution in [3.63, 3.8) is 0 Å². The summed E-state index contributed by atoms with van der Waals surface area (Å²) >= 11 is 0. The predicted molar refractivity (Wildman–Crippen MR) is 67.0 cm³/mol. The highest BCUT2D eigenvalue weighted by atomic mass is 19.4. The second-order valence-electron chi connectivity index (χ2n) is 4.13. The number of carboxylic acids is 1. The summed E-state index contributed by atoms with van der Waals surface area (Å²) in [6, 6.07) is 2.72. The van der Waals surface area contributed by atoms with Crippen LogP contribution in [0.3, 0.4) is 0 Å². The molecule has 0 saturated carbocycles. The van der Waals surface area contributed by atoms with Gasteiger partial charge in [-0.15, -0.1) is 0 Å². The first kappa shape index (κ1) is 15.7. The van der Waals surface area contributed by atoms with Gasteiger partial charge in [-0.05, 0) is 12.1 Å². The molecule has 1 N–H and O–H groups in total. The smallest absolute Gasteiger partial charge is 0.417 e. The Balaban J connectivity index is 2.68. The third-order valence-corrected chi connectivity index (χ3v) is 2.83. The maximum Gasteiger partial charge on any atom is 0.417 e. The Hall–Kier alpha value is -2.71. The van der Waals surface area contributed by atoms with Crippen LogP contribution in [0, 0.1) is 0 Å². The van der Waals surface area contributed by atoms with Crippen LogP contribution in [0.15, 0.2) is 22.7 Å². The van der Waals surface area contributed by atoms with E-state index in [9.17, 15) is 18.0 Å². The molecule has 0 amide bonds. The zero-order chi connectivity index (χ0) is 16.5. The van der Waals surface area contributed by atoms with Crippen molar-refractivity contribution in [3.8, 4) is 22.8 Å². The molecule has 0 saturated heterocycles. The highest BCUT2D eigenvalue weighted by Gasteiger charge is 2.36. The molecule has 6 nitrogen and oxygen atoms in total. The van der Waals surface area contributed by atoms with E-state index in [2.05, 4.69) is 9.68 Å². The van der Waals surface area contributed by atoms with Crippen LogP contribution in [0.25, 0.3) is 11.3 Å². The van der Waals surface area contributed by atoms with Gasteiger partial charge in [-0.25, -0.2) is 4.79 Å². The van der Waals surface area contributed by atoms with Gasteiger partial charge in [0, 0.05) is 11.6 Å². The van der Waals surface area contributed by atoms with Crippen LogP contribution < -0.4 is 9.47 Å². The molecule has 1 aromatic carbocycles. The van der Waals surface area contributed by atoms with Gasteiger partial charge >= 0.3 is 12.1 Å². The van der Waals surface area contributed by atoms with E-state index in [0.717, 1.165) is 18.2 Å². The summed E-state index contributed by atoms with van der Waals surface area (Å²) in [5, 5.41) is 12.1. The minimum Gasteiger partial charge on any atom is -0.493 e. The minimum atomic E-state index is -4.70. The number of aromatic nitrogens is 1. The summed E-state index contributed by atoms with van der Waals surface area (Å²) in [5.74, 6) is -2.07. The topological polar surface area (TPSA) is 81.8 Å².